The molecule has 0 saturated heterocycles. The summed E-state index contributed by atoms with van der Waals surface area (Å²) in [6.45, 7) is 8.86. The highest BCUT2D eigenvalue weighted by Gasteiger charge is 2.09. The number of nitrogens with zero attached hydrogens (tertiary/aromatic N) is 2. The zero-order valence-corrected chi connectivity index (χ0v) is 13.4. The first-order valence-corrected chi connectivity index (χ1v) is 7.26. The Balaban J connectivity index is 2.44. The van der Waals surface area contributed by atoms with E-state index in [0.717, 1.165) is 16.8 Å². The Bertz CT molecular complexity index is 702. The van der Waals surface area contributed by atoms with Crippen LogP contribution in [0, 0.1) is 13.8 Å². The fraction of sp³-hybridized carbons (Fsp3) is 0.412. The van der Waals surface area contributed by atoms with Crippen molar-refractivity contribution in [3.8, 4) is 11.3 Å². The summed E-state index contributed by atoms with van der Waals surface area (Å²) < 4.78 is 1.42. The van der Waals surface area contributed by atoms with E-state index in [1.807, 2.05) is 6.07 Å². The number of nitrogens with one attached hydrogen (secondary N) is 1. The van der Waals surface area contributed by atoms with Crippen LogP contribution >= 0.6 is 0 Å². The standard InChI is InChI=1S/C17H23N3O/c1-11(2)18-10-15-9-16(19-20(5)17(15)21)14-7-6-12(3)13(4)8-14/h6-9,11,18H,10H2,1-5H3. The van der Waals surface area contributed by atoms with E-state index in [2.05, 4.69) is 56.3 Å². The van der Waals surface area contributed by atoms with Gasteiger partial charge in [-0.25, -0.2) is 4.68 Å². The summed E-state index contributed by atoms with van der Waals surface area (Å²) in [5, 5.41) is 7.67. The van der Waals surface area contributed by atoms with Crippen molar-refractivity contribution in [3.05, 3.63) is 51.3 Å². The van der Waals surface area contributed by atoms with Gasteiger partial charge in [0.1, 0.15) is 0 Å². The van der Waals surface area contributed by atoms with Gasteiger partial charge in [0.2, 0.25) is 0 Å². The highest BCUT2D eigenvalue weighted by Crippen LogP contribution is 2.20. The first kappa shape index (κ1) is 15.4. The summed E-state index contributed by atoms with van der Waals surface area (Å²) >= 11 is 0. The minimum atomic E-state index is -0.0456. The van der Waals surface area contributed by atoms with E-state index >= 15 is 0 Å². The number of aryl methyl sites for hydroxylation is 3. The van der Waals surface area contributed by atoms with Crippen molar-refractivity contribution in [2.24, 2.45) is 7.05 Å². The summed E-state index contributed by atoms with van der Waals surface area (Å²) in [4.78, 5) is 12.1. The lowest BCUT2D eigenvalue weighted by Crippen LogP contribution is -2.30. The van der Waals surface area contributed by atoms with Gasteiger partial charge in [0.15, 0.2) is 0 Å². The number of benzene rings is 1. The molecule has 0 amide bonds. The van der Waals surface area contributed by atoms with Crippen molar-refractivity contribution >= 4 is 0 Å². The molecule has 1 aromatic carbocycles. The van der Waals surface area contributed by atoms with E-state index in [-0.39, 0.29) is 5.56 Å². The molecule has 0 spiro atoms. The monoisotopic (exact) mass is 285 g/mol. The molecule has 1 heterocycles. The number of aromatic nitrogens is 2. The van der Waals surface area contributed by atoms with E-state index in [4.69, 9.17) is 0 Å². The summed E-state index contributed by atoms with van der Waals surface area (Å²) in [6, 6.07) is 8.48. The second-order valence-electron chi connectivity index (χ2n) is 5.82. The van der Waals surface area contributed by atoms with Crippen molar-refractivity contribution in [2.45, 2.75) is 40.3 Å². The van der Waals surface area contributed by atoms with Crippen LogP contribution in [0.5, 0.6) is 0 Å². The van der Waals surface area contributed by atoms with E-state index in [1.54, 1.807) is 7.05 Å². The van der Waals surface area contributed by atoms with E-state index < -0.39 is 0 Å². The normalized spacial score (nSPS) is 11.1. The Kier molecular flexibility index (Phi) is 4.58. The van der Waals surface area contributed by atoms with Crippen molar-refractivity contribution in [3.63, 3.8) is 0 Å². The second kappa shape index (κ2) is 6.22. The Morgan fingerprint density at radius 1 is 1.19 bits per heavy atom. The number of hydrogen-bond acceptors (Lipinski definition) is 3. The van der Waals surface area contributed by atoms with Crippen LogP contribution in [0.2, 0.25) is 0 Å². The smallest absolute Gasteiger partial charge is 0.271 e. The summed E-state index contributed by atoms with van der Waals surface area (Å²) in [6.07, 6.45) is 0. The van der Waals surface area contributed by atoms with Crippen molar-refractivity contribution < 1.29 is 0 Å². The van der Waals surface area contributed by atoms with Gasteiger partial charge in [-0.2, -0.15) is 5.10 Å². The highest BCUT2D eigenvalue weighted by atomic mass is 16.1. The summed E-state index contributed by atoms with van der Waals surface area (Å²) in [5.41, 5.74) is 5.06. The lowest BCUT2D eigenvalue weighted by Gasteiger charge is -2.11. The zero-order chi connectivity index (χ0) is 15.6. The van der Waals surface area contributed by atoms with Crippen LogP contribution in [0.25, 0.3) is 11.3 Å². The minimum Gasteiger partial charge on any atom is -0.310 e. The van der Waals surface area contributed by atoms with Gasteiger partial charge < -0.3 is 5.32 Å². The summed E-state index contributed by atoms with van der Waals surface area (Å²) in [5.74, 6) is 0. The third-order valence-corrected chi connectivity index (χ3v) is 3.64. The van der Waals surface area contributed by atoms with Crippen molar-refractivity contribution in [2.75, 3.05) is 0 Å². The topological polar surface area (TPSA) is 46.9 Å². The third kappa shape index (κ3) is 3.58. The average molecular weight is 285 g/mol. The number of hydrogen-bond donors (Lipinski definition) is 1. The zero-order valence-electron chi connectivity index (χ0n) is 13.4. The maximum atomic E-state index is 12.1. The largest absolute Gasteiger partial charge is 0.310 e. The van der Waals surface area contributed by atoms with E-state index in [0.29, 0.717) is 12.6 Å². The SMILES string of the molecule is Cc1ccc(-c2cc(CNC(C)C)c(=O)n(C)n2)cc1C. The van der Waals surface area contributed by atoms with E-state index in [1.165, 1.54) is 15.8 Å². The molecule has 0 fully saturated rings. The van der Waals surface area contributed by atoms with Crippen LogP contribution in [0.1, 0.15) is 30.5 Å². The molecule has 0 radical (unpaired) electrons. The molecule has 2 rings (SSSR count). The molecule has 0 aliphatic heterocycles. The maximum absolute atomic E-state index is 12.1. The van der Waals surface area contributed by atoms with Crippen LogP contribution in [-0.2, 0) is 13.6 Å². The first-order chi connectivity index (χ1) is 9.88. The molecule has 4 heteroatoms. The van der Waals surface area contributed by atoms with Gasteiger partial charge in [-0.15, -0.1) is 0 Å². The van der Waals surface area contributed by atoms with Gasteiger partial charge in [-0.05, 0) is 37.1 Å². The second-order valence-corrected chi connectivity index (χ2v) is 5.82. The van der Waals surface area contributed by atoms with Gasteiger partial charge in [0, 0.05) is 30.8 Å². The fourth-order valence-electron chi connectivity index (χ4n) is 2.15. The Morgan fingerprint density at radius 2 is 1.90 bits per heavy atom. The predicted molar refractivity (Wildman–Crippen MR) is 86.4 cm³/mol. The van der Waals surface area contributed by atoms with Gasteiger partial charge in [0.05, 0.1) is 5.69 Å². The lowest BCUT2D eigenvalue weighted by atomic mass is 10.0. The molecule has 0 aliphatic carbocycles. The molecule has 2 aromatic rings. The van der Waals surface area contributed by atoms with Crippen molar-refractivity contribution in [1.82, 2.24) is 15.1 Å². The highest BCUT2D eigenvalue weighted by molar-refractivity contribution is 5.61. The minimum absolute atomic E-state index is 0.0456. The molecule has 21 heavy (non-hydrogen) atoms. The van der Waals surface area contributed by atoms with Gasteiger partial charge in [-0.3, -0.25) is 4.79 Å². The quantitative estimate of drug-likeness (QED) is 0.939. The Morgan fingerprint density at radius 3 is 2.52 bits per heavy atom. The average Bonchev–Trinajstić information content (AvgIpc) is 2.43. The van der Waals surface area contributed by atoms with Crippen LogP contribution in [-0.4, -0.2) is 15.8 Å². The van der Waals surface area contributed by atoms with Crippen LogP contribution in [0.4, 0.5) is 0 Å². The molecule has 1 aromatic heterocycles. The molecule has 0 atom stereocenters. The van der Waals surface area contributed by atoms with Crippen LogP contribution < -0.4 is 10.9 Å². The van der Waals surface area contributed by atoms with Gasteiger partial charge in [0.25, 0.3) is 5.56 Å². The van der Waals surface area contributed by atoms with Crippen molar-refractivity contribution in [1.29, 1.82) is 0 Å². The first-order valence-electron chi connectivity index (χ1n) is 7.26. The van der Waals surface area contributed by atoms with E-state index in [9.17, 15) is 4.79 Å². The Labute approximate surface area is 125 Å². The predicted octanol–water partition coefficient (Wildman–Crippen LogP) is 2.56. The molecule has 112 valence electrons. The molecular formula is C17H23N3O. The van der Waals surface area contributed by atoms with Crippen LogP contribution in [0.15, 0.2) is 29.1 Å². The number of rotatable bonds is 4. The van der Waals surface area contributed by atoms with Gasteiger partial charge >= 0.3 is 0 Å². The van der Waals surface area contributed by atoms with Crippen LogP contribution in [0.3, 0.4) is 0 Å². The molecule has 0 aliphatic rings. The third-order valence-electron chi connectivity index (χ3n) is 3.64. The summed E-state index contributed by atoms with van der Waals surface area (Å²) in [7, 11) is 1.70. The molecular weight excluding hydrogens is 262 g/mol. The molecule has 4 nitrogen and oxygen atoms in total. The Hall–Kier alpha value is -1.94. The fourth-order valence-corrected chi connectivity index (χ4v) is 2.15. The molecule has 1 N–H and O–H groups in total. The maximum Gasteiger partial charge on any atom is 0.271 e. The lowest BCUT2D eigenvalue weighted by molar-refractivity contribution is 0.577. The molecule has 0 unspecified atom stereocenters. The molecule has 0 saturated carbocycles. The van der Waals surface area contributed by atoms with Gasteiger partial charge in [-0.1, -0.05) is 26.0 Å². The molecule has 0 bridgehead atoms.